The summed E-state index contributed by atoms with van der Waals surface area (Å²) in [7, 11) is 3.67. The van der Waals surface area contributed by atoms with Gasteiger partial charge in [0.05, 0.1) is 11.6 Å². The Bertz CT molecular complexity index is 922. The maximum Gasteiger partial charge on any atom is 0.295 e. The zero-order valence-electron chi connectivity index (χ0n) is 15.5. The minimum atomic E-state index is -0.856. The van der Waals surface area contributed by atoms with Gasteiger partial charge in [-0.1, -0.05) is 12.1 Å². The molecule has 0 aromatic heterocycles. The van der Waals surface area contributed by atoms with Crippen LogP contribution in [0.2, 0.25) is 0 Å². The third-order valence-corrected chi connectivity index (χ3v) is 4.63. The van der Waals surface area contributed by atoms with Crippen molar-refractivity contribution in [1.29, 1.82) is 0 Å². The van der Waals surface area contributed by atoms with Crippen LogP contribution in [0.15, 0.2) is 54.1 Å². The monoisotopic (exact) mass is 386 g/mol. The molecule has 3 rings (SSSR count). The molecule has 0 saturated carbocycles. The highest BCUT2D eigenvalue weighted by Gasteiger charge is 2.45. The van der Waals surface area contributed by atoms with Gasteiger partial charge in [0.15, 0.2) is 0 Å². The van der Waals surface area contributed by atoms with E-state index in [2.05, 4.69) is 0 Å². The third kappa shape index (κ3) is 3.80. The highest BCUT2D eigenvalue weighted by molar-refractivity contribution is 6.46. The van der Waals surface area contributed by atoms with E-state index in [1.165, 1.54) is 41.3 Å². The smallest absolute Gasteiger partial charge is 0.295 e. The van der Waals surface area contributed by atoms with Crippen LogP contribution in [-0.4, -0.2) is 53.8 Å². The Hall–Kier alpha value is -3.06. The fraction of sp³-hybridized carbons (Fsp3) is 0.238. The number of rotatable bonds is 5. The van der Waals surface area contributed by atoms with Crippen LogP contribution in [0.25, 0.3) is 5.76 Å². The molecule has 1 amide bonds. The topological polar surface area (TPSA) is 60.9 Å². The Labute approximate surface area is 161 Å². The molecular formula is C21H20F2N2O3. The van der Waals surface area contributed by atoms with Gasteiger partial charge in [-0.15, -0.1) is 0 Å². The molecule has 0 radical (unpaired) electrons. The van der Waals surface area contributed by atoms with Gasteiger partial charge in [0.25, 0.3) is 11.7 Å². The molecule has 28 heavy (non-hydrogen) atoms. The Morgan fingerprint density at radius 3 is 2.07 bits per heavy atom. The first-order valence-electron chi connectivity index (χ1n) is 8.74. The second-order valence-corrected chi connectivity index (χ2v) is 6.85. The van der Waals surface area contributed by atoms with Crippen LogP contribution in [-0.2, 0) is 9.59 Å². The van der Waals surface area contributed by atoms with Gasteiger partial charge in [-0.2, -0.15) is 0 Å². The first-order chi connectivity index (χ1) is 13.3. The predicted molar refractivity (Wildman–Crippen MR) is 100 cm³/mol. The second kappa shape index (κ2) is 7.90. The average molecular weight is 386 g/mol. The number of Topliss-reactive ketones (excluding diaryl/α,β-unsaturated/α-hetero) is 1. The molecule has 0 bridgehead atoms. The van der Waals surface area contributed by atoms with Crippen LogP contribution in [0.5, 0.6) is 0 Å². The minimum absolute atomic E-state index is 0.0954. The lowest BCUT2D eigenvalue weighted by Gasteiger charge is -2.26. The molecule has 1 heterocycles. The second-order valence-electron chi connectivity index (χ2n) is 6.85. The molecule has 5 nitrogen and oxygen atoms in total. The zero-order chi connectivity index (χ0) is 20.4. The Morgan fingerprint density at radius 2 is 1.54 bits per heavy atom. The molecule has 7 heteroatoms. The zero-order valence-corrected chi connectivity index (χ0v) is 15.5. The van der Waals surface area contributed by atoms with Crippen molar-refractivity contribution >= 4 is 17.4 Å². The van der Waals surface area contributed by atoms with Crippen LogP contribution < -0.4 is 0 Å². The van der Waals surface area contributed by atoms with E-state index in [0.29, 0.717) is 12.1 Å². The summed E-state index contributed by atoms with van der Waals surface area (Å²) in [4.78, 5) is 28.6. The maximum atomic E-state index is 13.4. The largest absolute Gasteiger partial charge is 0.507 e. The van der Waals surface area contributed by atoms with Gasteiger partial charge in [0.1, 0.15) is 17.4 Å². The summed E-state index contributed by atoms with van der Waals surface area (Å²) >= 11 is 0. The van der Waals surface area contributed by atoms with Crippen molar-refractivity contribution in [1.82, 2.24) is 9.80 Å². The summed E-state index contributed by atoms with van der Waals surface area (Å²) in [5.41, 5.74) is 0.629. The number of hydrogen-bond donors (Lipinski definition) is 1. The summed E-state index contributed by atoms with van der Waals surface area (Å²) in [6, 6.07) is 9.55. The van der Waals surface area contributed by atoms with Crippen molar-refractivity contribution in [3.05, 3.63) is 76.9 Å². The van der Waals surface area contributed by atoms with E-state index in [0.717, 1.165) is 12.1 Å². The molecule has 1 atom stereocenters. The molecule has 1 saturated heterocycles. The molecule has 1 unspecified atom stereocenters. The summed E-state index contributed by atoms with van der Waals surface area (Å²) in [6.45, 7) is 0.751. The molecule has 1 N–H and O–H groups in total. The number of carbonyl (C=O) groups excluding carboxylic acids is 2. The fourth-order valence-corrected chi connectivity index (χ4v) is 3.17. The third-order valence-electron chi connectivity index (χ3n) is 4.63. The molecule has 0 spiro atoms. The molecule has 2 aromatic carbocycles. The lowest BCUT2D eigenvalue weighted by atomic mass is 9.95. The molecule has 1 aliphatic heterocycles. The number of benzene rings is 2. The van der Waals surface area contributed by atoms with Crippen molar-refractivity contribution in [2.75, 3.05) is 27.2 Å². The highest BCUT2D eigenvalue weighted by atomic mass is 19.1. The highest BCUT2D eigenvalue weighted by Crippen LogP contribution is 2.39. The fourth-order valence-electron chi connectivity index (χ4n) is 3.17. The van der Waals surface area contributed by atoms with Crippen LogP contribution in [0.3, 0.4) is 0 Å². The van der Waals surface area contributed by atoms with Gasteiger partial charge in [0, 0.05) is 18.7 Å². The van der Waals surface area contributed by atoms with Crippen LogP contribution in [0, 0.1) is 11.6 Å². The SMILES string of the molecule is CN(C)CCN1C(=O)C(=O)/C(=C(/O)c2ccc(F)cc2)C1c1ccc(F)cc1. The maximum absolute atomic E-state index is 13.4. The lowest BCUT2D eigenvalue weighted by Crippen LogP contribution is -2.35. The summed E-state index contributed by atoms with van der Waals surface area (Å²) in [5, 5.41) is 10.8. The van der Waals surface area contributed by atoms with Crippen molar-refractivity contribution in [3.8, 4) is 0 Å². The summed E-state index contributed by atoms with van der Waals surface area (Å²) < 4.78 is 26.6. The van der Waals surface area contributed by atoms with Crippen LogP contribution in [0.4, 0.5) is 8.78 Å². The van der Waals surface area contributed by atoms with E-state index in [1.807, 2.05) is 19.0 Å². The number of nitrogens with zero attached hydrogens (tertiary/aromatic N) is 2. The van der Waals surface area contributed by atoms with E-state index >= 15 is 0 Å². The number of ketones is 1. The molecule has 1 aliphatic rings. The van der Waals surface area contributed by atoms with Crippen LogP contribution in [0.1, 0.15) is 17.2 Å². The van der Waals surface area contributed by atoms with Gasteiger partial charge in [-0.05, 0) is 56.1 Å². The summed E-state index contributed by atoms with van der Waals surface area (Å²) in [6.07, 6.45) is 0. The number of aliphatic hydroxyl groups is 1. The van der Waals surface area contributed by atoms with E-state index in [1.54, 1.807) is 0 Å². The number of amides is 1. The predicted octanol–water partition coefficient (Wildman–Crippen LogP) is 2.95. The first kappa shape index (κ1) is 19.7. The van der Waals surface area contributed by atoms with Crippen LogP contribution >= 0.6 is 0 Å². The van der Waals surface area contributed by atoms with Gasteiger partial charge in [0.2, 0.25) is 0 Å². The van der Waals surface area contributed by atoms with E-state index < -0.39 is 29.4 Å². The van der Waals surface area contributed by atoms with Gasteiger partial charge < -0.3 is 14.9 Å². The number of likely N-dealkylation sites (tertiary alicyclic amines) is 1. The molecular weight excluding hydrogens is 366 g/mol. The lowest BCUT2D eigenvalue weighted by molar-refractivity contribution is -0.140. The Morgan fingerprint density at radius 1 is 1.00 bits per heavy atom. The standard InChI is InChI=1S/C21H20F2N2O3/c1-24(2)11-12-25-18(13-3-7-15(22)8-4-13)17(20(27)21(25)28)19(26)14-5-9-16(23)10-6-14/h3-10,18,26H,11-12H2,1-2H3/b19-17+. The minimum Gasteiger partial charge on any atom is -0.507 e. The van der Waals surface area contributed by atoms with Crippen molar-refractivity contribution in [3.63, 3.8) is 0 Å². The number of likely N-dealkylation sites (N-methyl/N-ethyl adjacent to an activating group) is 1. The van der Waals surface area contributed by atoms with Crippen molar-refractivity contribution < 1.29 is 23.5 Å². The number of aliphatic hydroxyl groups excluding tert-OH is 1. The van der Waals surface area contributed by atoms with Gasteiger partial charge in [-0.25, -0.2) is 8.78 Å². The normalized spacial score (nSPS) is 18.9. The average Bonchev–Trinajstić information content (AvgIpc) is 2.91. The summed E-state index contributed by atoms with van der Waals surface area (Å²) in [5.74, 6) is -2.89. The molecule has 1 fully saturated rings. The van der Waals surface area contributed by atoms with Crippen molar-refractivity contribution in [2.45, 2.75) is 6.04 Å². The Kier molecular flexibility index (Phi) is 5.56. The molecule has 2 aromatic rings. The van der Waals surface area contributed by atoms with Gasteiger partial charge >= 0.3 is 0 Å². The Balaban J connectivity index is 2.13. The quantitative estimate of drug-likeness (QED) is 0.488. The first-order valence-corrected chi connectivity index (χ1v) is 8.74. The van der Waals surface area contributed by atoms with Crippen molar-refractivity contribution in [2.24, 2.45) is 0 Å². The number of carbonyl (C=O) groups is 2. The van der Waals surface area contributed by atoms with E-state index in [-0.39, 0.29) is 23.4 Å². The van der Waals surface area contributed by atoms with Gasteiger partial charge in [-0.3, -0.25) is 9.59 Å². The molecule has 146 valence electrons. The van der Waals surface area contributed by atoms with E-state index in [4.69, 9.17) is 0 Å². The molecule has 0 aliphatic carbocycles. The number of hydrogen-bond acceptors (Lipinski definition) is 4. The van der Waals surface area contributed by atoms with E-state index in [9.17, 15) is 23.5 Å². The number of halogens is 2.